The van der Waals surface area contributed by atoms with Crippen molar-refractivity contribution < 1.29 is 4.79 Å². The summed E-state index contributed by atoms with van der Waals surface area (Å²) < 4.78 is 0. The van der Waals surface area contributed by atoms with E-state index in [1.807, 2.05) is 49.3 Å². The molecular formula is C19H20N4O2. The van der Waals surface area contributed by atoms with E-state index >= 15 is 0 Å². The lowest BCUT2D eigenvalue weighted by Crippen LogP contribution is -2.35. The molecule has 1 atom stereocenters. The Bertz CT molecular complexity index is 935. The van der Waals surface area contributed by atoms with E-state index < -0.39 is 0 Å². The molecule has 0 aliphatic heterocycles. The molecule has 0 saturated carbocycles. The van der Waals surface area contributed by atoms with Crippen molar-refractivity contribution in [1.82, 2.24) is 20.4 Å². The van der Waals surface area contributed by atoms with Gasteiger partial charge in [-0.1, -0.05) is 48.5 Å². The maximum absolute atomic E-state index is 12.6. The molecule has 0 radical (unpaired) electrons. The second kappa shape index (κ2) is 7.27. The molecule has 0 aliphatic carbocycles. The molecule has 0 saturated heterocycles. The number of carbonyl (C=O) groups is 1. The number of fused-ring (bicyclic) bond motifs is 1. The van der Waals surface area contributed by atoms with Crippen LogP contribution in [0.15, 0.2) is 59.4 Å². The largest absolute Gasteiger partial charge is 0.349 e. The van der Waals surface area contributed by atoms with E-state index in [1.165, 1.54) is 0 Å². The van der Waals surface area contributed by atoms with Crippen molar-refractivity contribution in [3.8, 4) is 0 Å². The van der Waals surface area contributed by atoms with Gasteiger partial charge >= 0.3 is 0 Å². The maximum Gasteiger partial charge on any atom is 0.272 e. The Hall–Kier alpha value is -2.99. The fourth-order valence-electron chi connectivity index (χ4n) is 2.83. The lowest BCUT2D eigenvalue weighted by atomic mass is 10.1. The predicted octanol–water partition coefficient (Wildman–Crippen LogP) is 1.96. The summed E-state index contributed by atoms with van der Waals surface area (Å²) in [6.45, 7) is 0.435. The van der Waals surface area contributed by atoms with E-state index in [4.69, 9.17) is 0 Å². The Kier molecular flexibility index (Phi) is 4.90. The number of nitrogens with one attached hydrogen (secondary N) is 2. The molecule has 128 valence electrons. The van der Waals surface area contributed by atoms with Crippen LogP contribution in [0.4, 0.5) is 0 Å². The summed E-state index contributed by atoms with van der Waals surface area (Å²) in [7, 11) is 3.94. The number of aromatic amines is 1. The molecule has 3 aromatic rings. The third kappa shape index (κ3) is 3.59. The monoisotopic (exact) mass is 336 g/mol. The van der Waals surface area contributed by atoms with Crippen LogP contribution < -0.4 is 10.9 Å². The van der Waals surface area contributed by atoms with Gasteiger partial charge in [-0.05, 0) is 25.7 Å². The zero-order valence-electron chi connectivity index (χ0n) is 14.2. The summed E-state index contributed by atoms with van der Waals surface area (Å²) >= 11 is 0. The average Bonchev–Trinajstić information content (AvgIpc) is 2.63. The van der Waals surface area contributed by atoms with Crippen LogP contribution in [-0.4, -0.2) is 41.6 Å². The molecular weight excluding hydrogens is 316 g/mol. The molecule has 6 heteroatoms. The normalized spacial score (nSPS) is 12.3. The van der Waals surface area contributed by atoms with Crippen LogP contribution in [0, 0.1) is 0 Å². The van der Waals surface area contributed by atoms with Crippen molar-refractivity contribution in [1.29, 1.82) is 0 Å². The van der Waals surface area contributed by atoms with Crippen LogP contribution in [0.25, 0.3) is 10.8 Å². The molecule has 2 N–H and O–H groups in total. The summed E-state index contributed by atoms with van der Waals surface area (Å²) in [5, 5.41) is 10.3. The van der Waals surface area contributed by atoms with E-state index in [0.29, 0.717) is 17.3 Å². The number of nitrogens with zero attached hydrogens (tertiary/aromatic N) is 2. The Labute approximate surface area is 145 Å². The van der Waals surface area contributed by atoms with Gasteiger partial charge in [-0.15, -0.1) is 0 Å². The molecule has 0 aliphatic rings. The predicted molar refractivity (Wildman–Crippen MR) is 97.6 cm³/mol. The second-order valence-electron chi connectivity index (χ2n) is 6.05. The van der Waals surface area contributed by atoms with Crippen molar-refractivity contribution in [3.63, 3.8) is 0 Å². The van der Waals surface area contributed by atoms with Gasteiger partial charge in [-0.25, -0.2) is 5.10 Å². The van der Waals surface area contributed by atoms with Gasteiger partial charge < -0.3 is 10.2 Å². The number of likely N-dealkylation sites (N-methyl/N-ethyl adjacent to an activating group) is 1. The smallest absolute Gasteiger partial charge is 0.272 e. The summed E-state index contributed by atoms with van der Waals surface area (Å²) in [5.41, 5.74) is 1.04. The van der Waals surface area contributed by atoms with E-state index in [1.54, 1.807) is 24.3 Å². The minimum Gasteiger partial charge on any atom is -0.349 e. The summed E-state index contributed by atoms with van der Waals surface area (Å²) in [6.07, 6.45) is 0. The first-order chi connectivity index (χ1) is 12.1. The Balaban J connectivity index is 1.83. The van der Waals surface area contributed by atoms with Crippen LogP contribution in [-0.2, 0) is 0 Å². The van der Waals surface area contributed by atoms with Crippen LogP contribution in [0.3, 0.4) is 0 Å². The number of hydrogen-bond acceptors (Lipinski definition) is 4. The average molecular weight is 336 g/mol. The van der Waals surface area contributed by atoms with Gasteiger partial charge in [-0.2, -0.15) is 5.10 Å². The van der Waals surface area contributed by atoms with E-state index in [0.717, 1.165) is 5.56 Å². The lowest BCUT2D eigenvalue weighted by molar-refractivity contribution is 0.0937. The van der Waals surface area contributed by atoms with Crippen LogP contribution in [0.2, 0.25) is 0 Å². The highest BCUT2D eigenvalue weighted by Crippen LogP contribution is 2.17. The quantitative estimate of drug-likeness (QED) is 0.746. The van der Waals surface area contributed by atoms with Gasteiger partial charge in [0, 0.05) is 11.9 Å². The first-order valence-corrected chi connectivity index (χ1v) is 8.05. The number of amides is 1. The number of benzene rings is 2. The van der Waals surface area contributed by atoms with Gasteiger partial charge in [0.15, 0.2) is 5.69 Å². The molecule has 2 aromatic carbocycles. The maximum atomic E-state index is 12.6. The zero-order valence-corrected chi connectivity index (χ0v) is 14.2. The third-order valence-corrected chi connectivity index (χ3v) is 4.17. The number of carbonyl (C=O) groups excluding carboxylic acids is 1. The molecule has 25 heavy (non-hydrogen) atoms. The Morgan fingerprint density at radius 3 is 2.40 bits per heavy atom. The molecule has 0 fully saturated rings. The number of hydrogen-bond donors (Lipinski definition) is 2. The SMILES string of the molecule is CN(C)C(CNC(=O)c1n[nH]c(=O)c2ccccc12)c1ccccc1. The summed E-state index contributed by atoms with van der Waals surface area (Å²) in [5.74, 6) is -0.310. The summed E-state index contributed by atoms with van der Waals surface area (Å²) in [6, 6.07) is 17.0. The second-order valence-corrected chi connectivity index (χ2v) is 6.05. The van der Waals surface area contributed by atoms with Crippen LogP contribution >= 0.6 is 0 Å². The molecule has 3 rings (SSSR count). The van der Waals surface area contributed by atoms with Crippen molar-refractivity contribution in [2.24, 2.45) is 0 Å². The number of H-pyrrole nitrogens is 1. The van der Waals surface area contributed by atoms with Crippen molar-refractivity contribution in [2.75, 3.05) is 20.6 Å². The van der Waals surface area contributed by atoms with E-state index in [-0.39, 0.29) is 23.2 Å². The van der Waals surface area contributed by atoms with Gasteiger partial charge in [0.1, 0.15) is 0 Å². The van der Waals surface area contributed by atoms with Crippen molar-refractivity contribution in [2.45, 2.75) is 6.04 Å². The number of rotatable bonds is 5. The lowest BCUT2D eigenvalue weighted by Gasteiger charge is -2.25. The first kappa shape index (κ1) is 16.9. The Morgan fingerprint density at radius 1 is 1.08 bits per heavy atom. The van der Waals surface area contributed by atoms with E-state index in [9.17, 15) is 9.59 Å². The third-order valence-electron chi connectivity index (χ3n) is 4.17. The van der Waals surface area contributed by atoms with Gasteiger partial charge in [-0.3, -0.25) is 9.59 Å². The molecule has 6 nitrogen and oxygen atoms in total. The fourth-order valence-corrected chi connectivity index (χ4v) is 2.83. The van der Waals surface area contributed by atoms with Crippen molar-refractivity contribution >= 4 is 16.7 Å². The highest BCUT2D eigenvalue weighted by Gasteiger charge is 2.18. The van der Waals surface area contributed by atoms with Gasteiger partial charge in [0.2, 0.25) is 0 Å². The molecule has 1 amide bonds. The highest BCUT2D eigenvalue weighted by molar-refractivity contribution is 6.04. The summed E-state index contributed by atoms with van der Waals surface area (Å²) in [4.78, 5) is 26.5. The fraction of sp³-hybridized carbons (Fsp3) is 0.211. The Morgan fingerprint density at radius 2 is 1.72 bits per heavy atom. The molecule has 0 bridgehead atoms. The standard InChI is InChI=1S/C19H20N4O2/c1-23(2)16(13-8-4-3-5-9-13)12-20-19(25)17-14-10-6-7-11-15(14)18(24)22-21-17/h3-11,16H,12H2,1-2H3,(H,20,25)(H,22,24). The van der Waals surface area contributed by atoms with Crippen molar-refractivity contribution in [3.05, 3.63) is 76.2 Å². The minimum atomic E-state index is -0.310. The van der Waals surface area contributed by atoms with E-state index in [2.05, 4.69) is 15.5 Å². The topological polar surface area (TPSA) is 78.1 Å². The van der Waals surface area contributed by atoms with Gasteiger partial charge in [0.05, 0.1) is 11.4 Å². The number of aromatic nitrogens is 2. The molecule has 0 spiro atoms. The van der Waals surface area contributed by atoms with Crippen LogP contribution in [0.1, 0.15) is 22.1 Å². The highest BCUT2D eigenvalue weighted by atomic mass is 16.2. The van der Waals surface area contributed by atoms with Gasteiger partial charge in [0.25, 0.3) is 11.5 Å². The zero-order chi connectivity index (χ0) is 17.8. The molecule has 1 heterocycles. The molecule has 1 aromatic heterocycles. The molecule has 1 unspecified atom stereocenters. The first-order valence-electron chi connectivity index (χ1n) is 8.05. The minimum absolute atomic E-state index is 0.0409. The van der Waals surface area contributed by atoms with Crippen LogP contribution in [0.5, 0.6) is 0 Å².